The van der Waals surface area contributed by atoms with Crippen LogP contribution in [0.4, 0.5) is 0 Å². The van der Waals surface area contributed by atoms with E-state index in [4.69, 9.17) is 14.0 Å². The molecule has 3 fully saturated rings. The van der Waals surface area contributed by atoms with Gasteiger partial charge >= 0.3 is 7.12 Å². The molecule has 1 saturated carbocycles. The number of nitrogens with zero attached hydrogens (tertiary/aromatic N) is 1. The van der Waals surface area contributed by atoms with E-state index in [9.17, 15) is 4.79 Å². The number of benzene rings is 1. The molecular formula is C22H32BNO4. The number of carbonyl (C=O) groups excluding carboxylic acids is 1. The van der Waals surface area contributed by atoms with Gasteiger partial charge in [0.05, 0.1) is 17.8 Å². The third-order valence-electron chi connectivity index (χ3n) is 6.74. The van der Waals surface area contributed by atoms with Crippen LogP contribution in [0.1, 0.15) is 53.4 Å². The molecule has 1 amide bonds. The number of amides is 1. The lowest BCUT2D eigenvalue weighted by atomic mass is 9.79. The number of hydrogen-bond acceptors (Lipinski definition) is 4. The number of piperidine rings is 1. The third kappa shape index (κ3) is 4.08. The molecule has 0 atom stereocenters. The molecule has 4 rings (SSSR count). The number of likely N-dealkylation sites (tertiary alicyclic amines) is 1. The zero-order chi connectivity index (χ0) is 19.9. The highest BCUT2D eigenvalue weighted by atomic mass is 16.7. The Morgan fingerprint density at radius 2 is 1.61 bits per heavy atom. The van der Waals surface area contributed by atoms with E-state index in [0.717, 1.165) is 50.0 Å². The molecule has 2 heterocycles. The first-order valence-corrected chi connectivity index (χ1v) is 10.6. The van der Waals surface area contributed by atoms with Crippen LogP contribution in [-0.2, 0) is 14.1 Å². The molecule has 0 radical (unpaired) electrons. The van der Waals surface area contributed by atoms with E-state index in [1.54, 1.807) is 0 Å². The van der Waals surface area contributed by atoms with Crippen molar-refractivity contribution < 1.29 is 18.8 Å². The van der Waals surface area contributed by atoms with Gasteiger partial charge in [-0.2, -0.15) is 0 Å². The normalized spacial score (nSPS) is 24.4. The van der Waals surface area contributed by atoms with Crippen molar-refractivity contribution >= 4 is 18.5 Å². The first-order chi connectivity index (χ1) is 13.2. The van der Waals surface area contributed by atoms with Crippen LogP contribution in [0.2, 0.25) is 0 Å². The fraction of sp³-hybridized carbons (Fsp3) is 0.682. The van der Waals surface area contributed by atoms with Gasteiger partial charge in [0.25, 0.3) is 0 Å². The summed E-state index contributed by atoms with van der Waals surface area (Å²) in [6.07, 6.45) is 4.24. The van der Waals surface area contributed by atoms with E-state index in [1.165, 1.54) is 0 Å². The van der Waals surface area contributed by atoms with Gasteiger partial charge in [0.15, 0.2) is 0 Å². The largest absolute Gasteiger partial charge is 0.494 e. The fourth-order valence-corrected chi connectivity index (χ4v) is 3.82. The van der Waals surface area contributed by atoms with E-state index in [-0.39, 0.29) is 18.3 Å². The van der Waals surface area contributed by atoms with Gasteiger partial charge in [-0.1, -0.05) is 12.1 Å². The van der Waals surface area contributed by atoms with Gasteiger partial charge in [0.1, 0.15) is 5.75 Å². The maximum absolute atomic E-state index is 12.1. The lowest BCUT2D eigenvalue weighted by Gasteiger charge is -2.32. The van der Waals surface area contributed by atoms with Gasteiger partial charge in [0, 0.05) is 19.0 Å². The summed E-state index contributed by atoms with van der Waals surface area (Å²) < 4.78 is 18.2. The summed E-state index contributed by atoms with van der Waals surface area (Å²) in [5.41, 5.74) is 0.350. The average molecular weight is 385 g/mol. The quantitative estimate of drug-likeness (QED) is 0.732. The molecule has 0 aromatic heterocycles. The van der Waals surface area contributed by atoms with Gasteiger partial charge in [-0.05, 0) is 76.9 Å². The molecule has 5 nitrogen and oxygen atoms in total. The second kappa shape index (κ2) is 7.38. The van der Waals surface area contributed by atoms with Crippen LogP contribution >= 0.6 is 0 Å². The summed E-state index contributed by atoms with van der Waals surface area (Å²) in [6.45, 7) is 10.7. The van der Waals surface area contributed by atoms with Crippen molar-refractivity contribution in [3.8, 4) is 5.75 Å². The van der Waals surface area contributed by atoms with Gasteiger partial charge in [0.2, 0.25) is 5.91 Å². The molecule has 152 valence electrons. The minimum Gasteiger partial charge on any atom is -0.493 e. The molecule has 0 N–H and O–H groups in total. The van der Waals surface area contributed by atoms with Crippen molar-refractivity contribution in [2.45, 2.75) is 64.6 Å². The minimum absolute atomic E-state index is 0.329. The number of ether oxygens (including phenoxy) is 1. The SMILES string of the molecule is CC1(C)OB(c2ccc(OCC3CCN(C(=O)C4CC4)CC3)cc2)OC1(C)C. The Kier molecular flexibility index (Phi) is 5.21. The molecular weight excluding hydrogens is 353 g/mol. The Hall–Kier alpha value is -1.53. The van der Waals surface area contributed by atoms with Gasteiger partial charge in [-0.3, -0.25) is 4.79 Å². The van der Waals surface area contributed by atoms with Crippen LogP contribution in [0.25, 0.3) is 0 Å². The van der Waals surface area contributed by atoms with E-state index in [1.807, 2.05) is 29.2 Å². The monoisotopic (exact) mass is 385 g/mol. The van der Waals surface area contributed by atoms with Crippen LogP contribution in [0.15, 0.2) is 24.3 Å². The zero-order valence-electron chi connectivity index (χ0n) is 17.6. The van der Waals surface area contributed by atoms with Crippen molar-refractivity contribution in [3.05, 3.63) is 24.3 Å². The van der Waals surface area contributed by atoms with Crippen LogP contribution in [0.3, 0.4) is 0 Å². The second-order valence-electron chi connectivity index (χ2n) is 9.51. The van der Waals surface area contributed by atoms with Crippen LogP contribution < -0.4 is 10.2 Å². The minimum atomic E-state index is -0.340. The standard InChI is InChI=1S/C22H32BNO4/c1-21(2)22(3,4)28-23(27-21)18-7-9-19(10-8-18)26-15-16-11-13-24(14-12-16)20(25)17-5-6-17/h7-10,16-17H,5-6,11-15H2,1-4H3. The Labute approximate surface area is 168 Å². The van der Waals surface area contributed by atoms with Gasteiger partial charge in [-0.25, -0.2) is 0 Å². The number of hydrogen-bond donors (Lipinski definition) is 0. The Balaban J connectivity index is 1.25. The Morgan fingerprint density at radius 1 is 1.04 bits per heavy atom. The van der Waals surface area contributed by atoms with E-state index >= 15 is 0 Å². The average Bonchev–Trinajstić information content (AvgIpc) is 3.48. The molecule has 2 saturated heterocycles. The van der Waals surface area contributed by atoms with Crippen LogP contribution in [0.5, 0.6) is 5.75 Å². The van der Waals surface area contributed by atoms with Crippen molar-refractivity contribution in [1.29, 1.82) is 0 Å². The summed E-state index contributed by atoms with van der Waals surface area (Å²) >= 11 is 0. The summed E-state index contributed by atoms with van der Waals surface area (Å²) in [7, 11) is -0.340. The first kappa shape index (κ1) is 19.8. The molecule has 1 aromatic rings. The fourth-order valence-electron chi connectivity index (χ4n) is 3.82. The highest BCUT2D eigenvalue weighted by Gasteiger charge is 2.51. The highest BCUT2D eigenvalue weighted by Crippen LogP contribution is 2.36. The summed E-state index contributed by atoms with van der Waals surface area (Å²) in [5.74, 6) is 2.09. The maximum atomic E-state index is 12.1. The lowest BCUT2D eigenvalue weighted by Crippen LogP contribution is -2.41. The van der Waals surface area contributed by atoms with Crippen LogP contribution in [0, 0.1) is 11.8 Å². The third-order valence-corrected chi connectivity index (χ3v) is 6.74. The predicted octanol–water partition coefficient (Wildman–Crippen LogP) is 3.01. The molecule has 1 aliphatic carbocycles. The first-order valence-electron chi connectivity index (χ1n) is 10.6. The predicted molar refractivity (Wildman–Crippen MR) is 110 cm³/mol. The van der Waals surface area contributed by atoms with Crippen molar-refractivity contribution in [1.82, 2.24) is 4.90 Å². The van der Waals surface area contributed by atoms with Crippen molar-refractivity contribution in [2.75, 3.05) is 19.7 Å². The molecule has 3 aliphatic rings. The summed E-state index contributed by atoms with van der Waals surface area (Å²) in [5, 5.41) is 0. The van der Waals surface area contributed by atoms with E-state index in [0.29, 0.717) is 24.3 Å². The zero-order valence-corrected chi connectivity index (χ0v) is 17.6. The smallest absolute Gasteiger partial charge is 0.493 e. The van der Waals surface area contributed by atoms with Gasteiger partial charge in [-0.15, -0.1) is 0 Å². The van der Waals surface area contributed by atoms with E-state index < -0.39 is 0 Å². The van der Waals surface area contributed by atoms with E-state index in [2.05, 4.69) is 27.7 Å². The molecule has 6 heteroatoms. The molecule has 0 unspecified atom stereocenters. The number of rotatable bonds is 5. The maximum Gasteiger partial charge on any atom is 0.494 e. The molecule has 2 aliphatic heterocycles. The van der Waals surface area contributed by atoms with Gasteiger partial charge < -0.3 is 18.9 Å². The Bertz CT molecular complexity index is 690. The Morgan fingerprint density at radius 3 is 2.14 bits per heavy atom. The lowest BCUT2D eigenvalue weighted by molar-refractivity contribution is -0.134. The molecule has 0 bridgehead atoms. The molecule has 0 spiro atoms. The summed E-state index contributed by atoms with van der Waals surface area (Å²) in [4.78, 5) is 14.2. The molecule has 28 heavy (non-hydrogen) atoms. The second-order valence-corrected chi connectivity index (χ2v) is 9.51. The topological polar surface area (TPSA) is 48.0 Å². The summed E-state index contributed by atoms with van der Waals surface area (Å²) in [6, 6.07) is 8.03. The van der Waals surface area contributed by atoms with Crippen LogP contribution in [-0.4, -0.2) is 48.8 Å². The van der Waals surface area contributed by atoms with Crippen molar-refractivity contribution in [2.24, 2.45) is 11.8 Å². The van der Waals surface area contributed by atoms with Crippen molar-refractivity contribution in [3.63, 3.8) is 0 Å². The number of carbonyl (C=O) groups is 1. The highest BCUT2D eigenvalue weighted by molar-refractivity contribution is 6.62. The molecule has 1 aromatic carbocycles.